The van der Waals surface area contributed by atoms with Crippen molar-refractivity contribution in [3.8, 4) is 11.1 Å². The van der Waals surface area contributed by atoms with Crippen LogP contribution in [0.1, 0.15) is 25.8 Å². The molecule has 1 aliphatic rings. The van der Waals surface area contributed by atoms with E-state index in [4.69, 9.17) is 27.9 Å². The van der Waals surface area contributed by atoms with Gasteiger partial charge in [-0.05, 0) is 48.7 Å². The summed E-state index contributed by atoms with van der Waals surface area (Å²) in [6, 6.07) is 11.4. The van der Waals surface area contributed by atoms with Crippen LogP contribution in [0, 0.1) is 0 Å². The molecule has 4 nitrogen and oxygen atoms in total. The summed E-state index contributed by atoms with van der Waals surface area (Å²) in [5.41, 5.74) is 3.33. The first-order valence-electron chi connectivity index (χ1n) is 8.01. The number of hydrogen-bond acceptors (Lipinski definition) is 4. The summed E-state index contributed by atoms with van der Waals surface area (Å²) in [7, 11) is 0. The molecular formula is C19H18Cl2N2O2. The highest BCUT2D eigenvalue weighted by atomic mass is 35.5. The van der Waals surface area contributed by atoms with Gasteiger partial charge in [-0.1, -0.05) is 35.3 Å². The average Bonchev–Trinajstić information content (AvgIpc) is 2.52. The van der Waals surface area contributed by atoms with E-state index in [2.05, 4.69) is 10.2 Å². The lowest BCUT2D eigenvalue weighted by atomic mass is 9.86. The maximum atomic E-state index is 11.0. The topological polar surface area (TPSA) is 51.0 Å². The van der Waals surface area contributed by atoms with Gasteiger partial charge in [0.15, 0.2) is 0 Å². The fourth-order valence-corrected chi connectivity index (χ4v) is 3.32. The Kier molecular flexibility index (Phi) is 5.11. The summed E-state index contributed by atoms with van der Waals surface area (Å²) in [5.74, 6) is -0.299. The van der Waals surface area contributed by atoms with E-state index in [0.29, 0.717) is 29.5 Å². The van der Waals surface area contributed by atoms with Crippen LogP contribution in [0.15, 0.2) is 46.6 Å². The van der Waals surface area contributed by atoms with Gasteiger partial charge in [0, 0.05) is 29.0 Å². The maximum Gasteiger partial charge on any atom is 0.302 e. The Balaban J connectivity index is 2.06. The van der Waals surface area contributed by atoms with Gasteiger partial charge in [-0.15, -0.1) is 0 Å². The smallest absolute Gasteiger partial charge is 0.302 e. The molecule has 1 atom stereocenters. The number of halogens is 2. The molecular weight excluding hydrogens is 359 g/mol. The van der Waals surface area contributed by atoms with Gasteiger partial charge in [-0.3, -0.25) is 4.79 Å². The molecule has 2 aromatic carbocycles. The van der Waals surface area contributed by atoms with Gasteiger partial charge in [-0.25, -0.2) is 0 Å². The predicted molar refractivity (Wildman–Crippen MR) is 99.8 cm³/mol. The summed E-state index contributed by atoms with van der Waals surface area (Å²) in [6.45, 7) is 3.69. The third kappa shape index (κ3) is 4.20. The van der Waals surface area contributed by atoms with Gasteiger partial charge < -0.3 is 4.74 Å². The van der Waals surface area contributed by atoms with Crippen LogP contribution in [0.3, 0.4) is 0 Å². The fraction of sp³-hybridized carbons (Fsp3) is 0.316. The zero-order valence-electron chi connectivity index (χ0n) is 14.1. The standard InChI is InChI=1S/C19H18Cl2N2O2/c1-12(24)25-8-7-19(2)11-13-9-14(20)3-5-16(13)17-6-4-15(21)10-18(17)22-23-19/h3-6,9-10H,7-8,11H2,1-2H3. The van der Waals surface area contributed by atoms with Crippen molar-refractivity contribution in [1.82, 2.24) is 0 Å². The molecule has 25 heavy (non-hydrogen) atoms. The van der Waals surface area contributed by atoms with Crippen molar-refractivity contribution in [3.05, 3.63) is 52.0 Å². The van der Waals surface area contributed by atoms with Crippen molar-refractivity contribution in [2.45, 2.75) is 32.2 Å². The molecule has 0 bridgehead atoms. The van der Waals surface area contributed by atoms with E-state index < -0.39 is 5.54 Å². The predicted octanol–water partition coefficient (Wildman–Crippen LogP) is 6.01. The highest BCUT2D eigenvalue weighted by molar-refractivity contribution is 6.31. The van der Waals surface area contributed by atoms with Gasteiger partial charge in [0.05, 0.1) is 17.8 Å². The van der Waals surface area contributed by atoms with E-state index in [1.807, 2.05) is 37.3 Å². The molecule has 1 aliphatic heterocycles. The fourth-order valence-electron chi connectivity index (χ4n) is 2.96. The number of hydrogen-bond donors (Lipinski definition) is 0. The average molecular weight is 377 g/mol. The Morgan fingerprint density at radius 1 is 1.16 bits per heavy atom. The van der Waals surface area contributed by atoms with Crippen LogP contribution in [0.5, 0.6) is 0 Å². The van der Waals surface area contributed by atoms with Crippen LogP contribution in [-0.2, 0) is 16.0 Å². The summed E-state index contributed by atoms with van der Waals surface area (Å²) in [4.78, 5) is 11.0. The number of rotatable bonds is 3. The van der Waals surface area contributed by atoms with Crippen molar-refractivity contribution in [1.29, 1.82) is 0 Å². The zero-order chi connectivity index (χ0) is 18.0. The molecule has 1 unspecified atom stereocenters. The number of nitrogens with zero attached hydrogens (tertiary/aromatic N) is 2. The lowest BCUT2D eigenvalue weighted by Gasteiger charge is -2.27. The van der Waals surface area contributed by atoms with Crippen molar-refractivity contribution in [2.75, 3.05) is 6.61 Å². The summed E-state index contributed by atoms with van der Waals surface area (Å²) < 4.78 is 5.09. The number of carbonyl (C=O) groups excluding carboxylic acids is 1. The molecule has 6 heteroatoms. The van der Waals surface area contributed by atoms with E-state index in [9.17, 15) is 4.79 Å². The van der Waals surface area contributed by atoms with Crippen molar-refractivity contribution >= 4 is 34.9 Å². The van der Waals surface area contributed by atoms with Crippen molar-refractivity contribution < 1.29 is 9.53 Å². The molecule has 0 saturated carbocycles. The Morgan fingerprint density at radius 3 is 2.56 bits per heavy atom. The van der Waals surface area contributed by atoms with Crippen LogP contribution in [0.4, 0.5) is 5.69 Å². The van der Waals surface area contributed by atoms with E-state index in [0.717, 1.165) is 22.4 Å². The van der Waals surface area contributed by atoms with E-state index in [-0.39, 0.29) is 5.97 Å². The molecule has 0 spiro atoms. The Morgan fingerprint density at radius 2 is 1.84 bits per heavy atom. The highest BCUT2D eigenvalue weighted by Gasteiger charge is 2.28. The number of carbonyl (C=O) groups is 1. The SMILES string of the molecule is CC(=O)OCCC1(C)Cc2cc(Cl)ccc2-c2ccc(Cl)cc2N=N1. The Hall–Kier alpha value is -1.91. The number of azo groups is 1. The minimum atomic E-state index is -0.505. The zero-order valence-corrected chi connectivity index (χ0v) is 15.6. The molecule has 0 saturated heterocycles. The number of benzene rings is 2. The minimum absolute atomic E-state index is 0.295. The lowest BCUT2D eigenvalue weighted by molar-refractivity contribution is -0.141. The lowest BCUT2D eigenvalue weighted by Crippen LogP contribution is -2.28. The molecule has 0 fully saturated rings. The van der Waals surface area contributed by atoms with E-state index in [1.54, 1.807) is 6.07 Å². The van der Waals surface area contributed by atoms with E-state index >= 15 is 0 Å². The highest BCUT2D eigenvalue weighted by Crippen LogP contribution is 2.40. The second kappa shape index (κ2) is 7.14. The quantitative estimate of drug-likeness (QED) is 0.615. The Bertz CT molecular complexity index is 851. The maximum absolute atomic E-state index is 11.0. The van der Waals surface area contributed by atoms with Gasteiger partial charge in [0.1, 0.15) is 0 Å². The van der Waals surface area contributed by atoms with Crippen LogP contribution < -0.4 is 0 Å². The molecule has 3 rings (SSSR count). The van der Waals surface area contributed by atoms with Gasteiger partial charge >= 0.3 is 5.97 Å². The van der Waals surface area contributed by atoms with E-state index in [1.165, 1.54) is 6.92 Å². The van der Waals surface area contributed by atoms with Crippen LogP contribution in [0.25, 0.3) is 11.1 Å². The van der Waals surface area contributed by atoms with Crippen LogP contribution in [0.2, 0.25) is 10.0 Å². The molecule has 130 valence electrons. The van der Waals surface area contributed by atoms with Gasteiger partial charge in [-0.2, -0.15) is 10.2 Å². The Labute approximate surface area is 156 Å². The molecule has 0 aliphatic carbocycles. The van der Waals surface area contributed by atoms with Crippen LogP contribution in [-0.4, -0.2) is 18.1 Å². The third-order valence-electron chi connectivity index (χ3n) is 4.23. The number of ether oxygens (including phenoxy) is 1. The van der Waals surface area contributed by atoms with Crippen LogP contribution >= 0.6 is 23.2 Å². The van der Waals surface area contributed by atoms with Gasteiger partial charge in [0.2, 0.25) is 0 Å². The molecule has 2 aromatic rings. The molecule has 0 amide bonds. The number of esters is 1. The molecule has 0 aromatic heterocycles. The largest absolute Gasteiger partial charge is 0.466 e. The summed E-state index contributed by atoms with van der Waals surface area (Å²) in [6.07, 6.45) is 1.22. The van der Waals surface area contributed by atoms with Crippen molar-refractivity contribution in [2.24, 2.45) is 10.2 Å². The molecule has 0 radical (unpaired) electrons. The third-order valence-corrected chi connectivity index (χ3v) is 4.70. The monoisotopic (exact) mass is 376 g/mol. The summed E-state index contributed by atoms with van der Waals surface area (Å²) in [5, 5.41) is 10.3. The second-order valence-corrected chi connectivity index (χ2v) is 7.30. The first-order chi connectivity index (χ1) is 11.9. The first kappa shape index (κ1) is 17.9. The minimum Gasteiger partial charge on any atom is -0.466 e. The molecule has 0 N–H and O–H groups in total. The second-order valence-electron chi connectivity index (χ2n) is 6.43. The summed E-state index contributed by atoms with van der Waals surface area (Å²) >= 11 is 12.3. The number of fused-ring (bicyclic) bond motifs is 3. The normalized spacial score (nSPS) is 18.7. The van der Waals surface area contributed by atoms with Gasteiger partial charge in [0.25, 0.3) is 0 Å². The first-order valence-corrected chi connectivity index (χ1v) is 8.76. The van der Waals surface area contributed by atoms with Crippen molar-refractivity contribution in [3.63, 3.8) is 0 Å². The molecule has 1 heterocycles.